The molecule has 2 unspecified atom stereocenters. The van der Waals surface area contributed by atoms with Crippen molar-refractivity contribution in [2.24, 2.45) is 11.8 Å². The fourth-order valence-corrected chi connectivity index (χ4v) is 8.86. The molecule has 13 nitrogen and oxygen atoms in total. The second-order valence-electron chi connectivity index (χ2n) is 16.2. The maximum absolute atomic E-state index is 13.8. The summed E-state index contributed by atoms with van der Waals surface area (Å²) in [4.78, 5) is 67.2. The molecular weight excluding hydrogens is 723 g/mol. The molecule has 302 valence electrons. The van der Waals surface area contributed by atoms with Gasteiger partial charge in [0.05, 0.1) is 38.2 Å². The quantitative estimate of drug-likeness (QED) is 0.124. The number of ether oxygens (including phenoxy) is 2. The molecule has 7 rings (SSSR count). The van der Waals surface area contributed by atoms with E-state index in [0.29, 0.717) is 13.1 Å². The van der Waals surface area contributed by atoms with Crippen molar-refractivity contribution in [3.05, 3.63) is 77.4 Å². The van der Waals surface area contributed by atoms with Crippen molar-refractivity contribution in [3.63, 3.8) is 0 Å². The molecule has 4 amide bonds. The molecule has 4 atom stereocenters. The number of fused-ring (bicyclic) bond motifs is 1. The molecule has 1 aliphatic carbocycles. The highest BCUT2D eigenvalue weighted by Crippen LogP contribution is 2.42. The first-order valence-electron chi connectivity index (χ1n) is 20.3. The maximum atomic E-state index is 13.8. The Kier molecular flexibility index (Phi) is 11.7. The lowest BCUT2D eigenvalue weighted by Crippen LogP contribution is -2.51. The zero-order chi connectivity index (χ0) is 40.4. The largest absolute Gasteiger partial charge is 0.453 e. The van der Waals surface area contributed by atoms with Crippen molar-refractivity contribution in [1.82, 2.24) is 35.4 Å². The van der Waals surface area contributed by atoms with Gasteiger partial charge in [0.2, 0.25) is 11.8 Å². The number of aromatic nitrogens is 3. The monoisotopic (exact) mass is 777 g/mol. The number of hydrogen-bond donors (Lipinski definition) is 4. The van der Waals surface area contributed by atoms with Crippen LogP contribution in [0.5, 0.6) is 0 Å². The van der Waals surface area contributed by atoms with Crippen molar-refractivity contribution in [2.75, 3.05) is 27.3 Å². The first-order valence-corrected chi connectivity index (χ1v) is 20.3. The number of aromatic amines is 2. The average Bonchev–Trinajstić information content (AvgIpc) is 4.07. The van der Waals surface area contributed by atoms with Crippen LogP contribution in [-0.2, 0) is 31.9 Å². The molecule has 57 heavy (non-hydrogen) atoms. The van der Waals surface area contributed by atoms with Gasteiger partial charge >= 0.3 is 12.2 Å². The summed E-state index contributed by atoms with van der Waals surface area (Å²) in [5.74, 6) is 0.354. The third-order valence-corrected chi connectivity index (χ3v) is 11.9. The van der Waals surface area contributed by atoms with E-state index >= 15 is 0 Å². The van der Waals surface area contributed by atoms with E-state index in [1.165, 1.54) is 25.3 Å². The Hall–Kier alpha value is -5.59. The summed E-state index contributed by atoms with van der Waals surface area (Å²) in [6.45, 7) is 8.95. The van der Waals surface area contributed by atoms with Crippen LogP contribution in [0.3, 0.4) is 0 Å². The Morgan fingerprint density at radius 3 is 1.70 bits per heavy atom. The van der Waals surface area contributed by atoms with Crippen molar-refractivity contribution >= 4 is 24.0 Å². The molecule has 0 spiro atoms. The van der Waals surface area contributed by atoms with Gasteiger partial charge in [-0.25, -0.2) is 14.6 Å². The van der Waals surface area contributed by atoms with Gasteiger partial charge in [0.25, 0.3) is 0 Å². The summed E-state index contributed by atoms with van der Waals surface area (Å²) < 4.78 is 9.59. The highest BCUT2D eigenvalue weighted by molar-refractivity contribution is 5.87. The average molecular weight is 778 g/mol. The van der Waals surface area contributed by atoms with Gasteiger partial charge in [-0.2, -0.15) is 0 Å². The van der Waals surface area contributed by atoms with Gasteiger partial charge in [-0.15, -0.1) is 0 Å². The van der Waals surface area contributed by atoms with Crippen LogP contribution in [0.4, 0.5) is 9.59 Å². The van der Waals surface area contributed by atoms with Crippen LogP contribution in [0, 0.1) is 11.8 Å². The second-order valence-corrected chi connectivity index (χ2v) is 16.2. The van der Waals surface area contributed by atoms with E-state index in [1.807, 2.05) is 43.7 Å². The lowest BCUT2D eigenvalue weighted by atomic mass is 9.99. The summed E-state index contributed by atoms with van der Waals surface area (Å²) in [6.07, 6.45) is 7.11. The predicted octanol–water partition coefficient (Wildman–Crippen LogP) is 7.32. The number of alkyl carbamates (subject to hydrolysis) is 2. The Morgan fingerprint density at radius 1 is 0.667 bits per heavy atom. The smallest absolute Gasteiger partial charge is 0.407 e. The number of H-pyrrole nitrogens is 2. The van der Waals surface area contributed by atoms with Crippen molar-refractivity contribution < 1.29 is 28.7 Å². The second kappa shape index (κ2) is 16.9. The van der Waals surface area contributed by atoms with Crippen LogP contribution in [0.25, 0.3) is 33.6 Å². The third kappa shape index (κ3) is 8.01. The number of benzene rings is 2. The molecule has 13 heteroatoms. The number of rotatable bonds is 11. The fraction of sp³-hybridized carbons (Fsp3) is 0.477. The first-order chi connectivity index (χ1) is 27.5. The van der Waals surface area contributed by atoms with Crippen molar-refractivity contribution in [3.8, 4) is 33.6 Å². The summed E-state index contributed by atoms with van der Waals surface area (Å²) in [6, 6.07) is 15.4. The number of nitrogens with zero attached hydrogens (tertiary/aromatic N) is 3. The lowest BCUT2D eigenvalue weighted by molar-refractivity contribution is -0.136. The van der Waals surface area contributed by atoms with Gasteiger partial charge in [0.1, 0.15) is 17.9 Å². The molecule has 2 aliphatic heterocycles. The number of methoxy groups -OCH3 is 2. The first kappa shape index (κ1) is 39.6. The Bertz CT molecular complexity index is 2090. The molecule has 2 aromatic heterocycles. The number of likely N-dealkylation sites (tertiary alicyclic amines) is 2. The zero-order valence-corrected chi connectivity index (χ0v) is 33.8. The molecule has 0 radical (unpaired) electrons. The topological polar surface area (TPSA) is 162 Å². The van der Waals surface area contributed by atoms with E-state index in [-0.39, 0.29) is 35.7 Å². The molecule has 2 fully saturated rings. The van der Waals surface area contributed by atoms with Gasteiger partial charge in [-0.05, 0) is 90.2 Å². The van der Waals surface area contributed by atoms with Crippen molar-refractivity contribution in [1.29, 1.82) is 0 Å². The molecule has 0 bridgehead atoms. The summed E-state index contributed by atoms with van der Waals surface area (Å²) >= 11 is 0. The van der Waals surface area contributed by atoms with Gasteiger partial charge in [-0.1, -0.05) is 76.2 Å². The van der Waals surface area contributed by atoms with Crippen LogP contribution in [0.2, 0.25) is 0 Å². The normalized spacial score (nSPS) is 18.8. The van der Waals surface area contributed by atoms with Crippen LogP contribution in [-0.4, -0.2) is 88.1 Å². The molecule has 2 aromatic carbocycles. The minimum atomic E-state index is -0.683. The predicted molar refractivity (Wildman–Crippen MR) is 217 cm³/mol. The number of carbonyl (C=O) groups is 4. The number of nitrogens with one attached hydrogen (secondary N) is 4. The minimum Gasteiger partial charge on any atom is -0.453 e. The molecular formula is C44H55N7O6. The summed E-state index contributed by atoms with van der Waals surface area (Å²) in [5.41, 5.74) is 10.1. The molecule has 4 aromatic rings. The Morgan fingerprint density at radius 2 is 1.16 bits per heavy atom. The van der Waals surface area contributed by atoms with E-state index in [2.05, 4.69) is 69.1 Å². The van der Waals surface area contributed by atoms with Crippen LogP contribution < -0.4 is 10.6 Å². The van der Waals surface area contributed by atoms with E-state index < -0.39 is 24.3 Å². The van der Waals surface area contributed by atoms with Gasteiger partial charge in [0, 0.05) is 24.5 Å². The third-order valence-electron chi connectivity index (χ3n) is 11.9. The van der Waals surface area contributed by atoms with E-state index in [0.717, 1.165) is 90.1 Å². The van der Waals surface area contributed by atoms with E-state index in [4.69, 9.17) is 14.5 Å². The van der Waals surface area contributed by atoms with E-state index in [1.54, 1.807) is 0 Å². The molecule has 4 N–H and O–H groups in total. The highest BCUT2D eigenvalue weighted by Gasteiger charge is 2.40. The zero-order valence-electron chi connectivity index (χ0n) is 33.8. The molecule has 3 aliphatic rings. The fourth-order valence-electron chi connectivity index (χ4n) is 8.86. The Labute approximate surface area is 334 Å². The number of carbonyl (C=O) groups excluding carboxylic acids is 4. The molecule has 0 saturated carbocycles. The van der Waals surface area contributed by atoms with Gasteiger partial charge < -0.3 is 39.9 Å². The summed E-state index contributed by atoms with van der Waals surface area (Å²) in [5, 5.41) is 5.47. The highest BCUT2D eigenvalue weighted by atomic mass is 16.5. The SMILES string of the molecule is COC(=O)NC(C(=O)N1CCC[C@H]1c1[nH]c(-c2ccc(-c3ccc(-c4cnc(C5CCCN5C(=O)[C@@H](NC(=O)OC)C(C)C)[nH]4)cc3)cc2)c2c1CCC2)C(C)C. The van der Waals surface area contributed by atoms with Crippen LogP contribution in [0.15, 0.2) is 54.7 Å². The van der Waals surface area contributed by atoms with Crippen molar-refractivity contribution in [2.45, 2.75) is 96.8 Å². The Balaban J connectivity index is 1.05. The molecule has 2 saturated heterocycles. The standard InChI is InChI=1S/C44H55N7O6/c1-25(2)36(48-43(54)56-5)41(52)50-22-8-12-34(50)39-32-11-7-10-31(32)38(47-39)30-20-16-28(17-21-30)27-14-18-29(19-15-27)33-24-45-40(46-33)35-13-9-23-51(35)42(53)37(26(3)4)49-44(55)57-6/h14-21,24-26,34-37,47H,7-13,22-23H2,1-6H3,(H,45,46)(H,48,54)(H,49,55)/t34-,35?,36?,37-/m0/s1. The maximum Gasteiger partial charge on any atom is 0.407 e. The number of amides is 4. The lowest BCUT2D eigenvalue weighted by Gasteiger charge is -2.31. The molecule has 4 heterocycles. The number of hydrogen-bond acceptors (Lipinski definition) is 7. The van der Waals surface area contributed by atoms with Crippen LogP contribution >= 0.6 is 0 Å². The number of imidazole rings is 1. The minimum absolute atomic E-state index is 0.0605. The van der Waals surface area contributed by atoms with E-state index in [9.17, 15) is 19.2 Å². The summed E-state index contributed by atoms with van der Waals surface area (Å²) in [7, 11) is 2.61. The van der Waals surface area contributed by atoms with Gasteiger partial charge in [-0.3, -0.25) is 9.59 Å². The van der Waals surface area contributed by atoms with Gasteiger partial charge in [0.15, 0.2) is 0 Å². The van der Waals surface area contributed by atoms with Crippen LogP contribution in [0.1, 0.15) is 94.5 Å².